The smallest absolute Gasteiger partial charge is 0.255 e. The second-order valence-electron chi connectivity index (χ2n) is 8.17. The van der Waals surface area contributed by atoms with Crippen LogP contribution in [-0.2, 0) is 0 Å². The molecule has 0 bridgehead atoms. The molecular formula is C24H32N2O3. The van der Waals surface area contributed by atoms with E-state index in [1.54, 1.807) is 36.4 Å². The molecule has 0 spiro atoms. The first kappa shape index (κ1) is 22.5. The predicted octanol–water partition coefficient (Wildman–Crippen LogP) is 5.43. The summed E-state index contributed by atoms with van der Waals surface area (Å²) >= 11 is 0. The third-order valence-corrected chi connectivity index (χ3v) is 4.28. The molecule has 2 rings (SSSR count). The molecule has 5 nitrogen and oxygen atoms in total. The number of benzene rings is 2. The number of unbranched alkanes of at least 4 members (excludes halogenated alkanes) is 3. The fraction of sp³-hybridized carbons (Fsp3) is 0.417. The highest BCUT2D eigenvalue weighted by molar-refractivity contribution is 6.04. The molecule has 0 radical (unpaired) electrons. The number of rotatable bonds is 9. The molecule has 0 aliphatic carbocycles. The number of anilines is 1. The first-order valence-corrected chi connectivity index (χ1v) is 10.3. The standard InChI is InChI=1S/C24H32N2O3/c1-5-6-7-8-17-29-21-15-11-18(12-16-21)22(27)25-20-13-9-19(10-14-20)23(28)26-24(2,3)4/h9-16H,5-8,17H2,1-4H3,(H,25,27)(H,26,28). The molecule has 0 aromatic heterocycles. The van der Waals surface area contributed by atoms with Crippen LogP contribution in [0.5, 0.6) is 5.75 Å². The summed E-state index contributed by atoms with van der Waals surface area (Å²) in [5.41, 5.74) is 1.45. The molecule has 5 heteroatoms. The minimum Gasteiger partial charge on any atom is -0.494 e. The average molecular weight is 397 g/mol. The van der Waals surface area contributed by atoms with Crippen molar-refractivity contribution < 1.29 is 14.3 Å². The van der Waals surface area contributed by atoms with Gasteiger partial charge in [-0.05, 0) is 75.7 Å². The van der Waals surface area contributed by atoms with Gasteiger partial charge in [0.25, 0.3) is 11.8 Å². The Hall–Kier alpha value is -2.82. The maximum atomic E-state index is 12.4. The lowest BCUT2D eigenvalue weighted by molar-refractivity contribution is 0.0919. The summed E-state index contributed by atoms with van der Waals surface area (Å²) in [5.74, 6) is 0.430. The van der Waals surface area contributed by atoms with Crippen LogP contribution in [-0.4, -0.2) is 24.0 Å². The van der Waals surface area contributed by atoms with Crippen molar-refractivity contribution in [2.24, 2.45) is 0 Å². The number of ether oxygens (including phenoxy) is 1. The van der Waals surface area contributed by atoms with E-state index < -0.39 is 0 Å². The van der Waals surface area contributed by atoms with Gasteiger partial charge in [-0.25, -0.2) is 0 Å². The molecule has 2 N–H and O–H groups in total. The van der Waals surface area contributed by atoms with Gasteiger partial charge < -0.3 is 15.4 Å². The van der Waals surface area contributed by atoms with E-state index in [1.807, 2.05) is 32.9 Å². The maximum absolute atomic E-state index is 12.4. The van der Waals surface area contributed by atoms with Gasteiger partial charge in [0.1, 0.15) is 5.75 Å². The second-order valence-corrected chi connectivity index (χ2v) is 8.17. The molecule has 2 aromatic rings. The van der Waals surface area contributed by atoms with Crippen molar-refractivity contribution in [2.45, 2.75) is 58.9 Å². The van der Waals surface area contributed by atoms with Crippen LogP contribution in [0, 0.1) is 0 Å². The second kappa shape index (κ2) is 10.6. The van der Waals surface area contributed by atoms with Gasteiger partial charge in [0.05, 0.1) is 6.61 Å². The van der Waals surface area contributed by atoms with Gasteiger partial charge in [0, 0.05) is 22.4 Å². The Kier molecular flexibility index (Phi) is 8.25. The summed E-state index contributed by atoms with van der Waals surface area (Å²) in [7, 11) is 0. The Labute approximate surface area is 173 Å². The Morgan fingerprint density at radius 3 is 2.00 bits per heavy atom. The fourth-order valence-corrected chi connectivity index (χ4v) is 2.74. The highest BCUT2D eigenvalue weighted by Crippen LogP contribution is 2.16. The van der Waals surface area contributed by atoms with Crippen LogP contribution in [0.25, 0.3) is 0 Å². The van der Waals surface area contributed by atoms with Gasteiger partial charge in [-0.2, -0.15) is 0 Å². The number of hydrogen-bond acceptors (Lipinski definition) is 3. The van der Waals surface area contributed by atoms with Crippen molar-refractivity contribution in [2.75, 3.05) is 11.9 Å². The maximum Gasteiger partial charge on any atom is 0.255 e. The van der Waals surface area contributed by atoms with E-state index in [0.29, 0.717) is 23.4 Å². The van der Waals surface area contributed by atoms with Gasteiger partial charge in [0.2, 0.25) is 0 Å². The lowest BCUT2D eigenvalue weighted by Gasteiger charge is -2.20. The van der Waals surface area contributed by atoms with E-state index in [4.69, 9.17) is 4.74 Å². The third kappa shape index (κ3) is 7.98. The quantitative estimate of drug-likeness (QED) is 0.556. The summed E-state index contributed by atoms with van der Waals surface area (Å²) in [6.45, 7) is 8.68. The summed E-state index contributed by atoms with van der Waals surface area (Å²) in [5, 5.41) is 5.76. The van der Waals surface area contributed by atoms with Crippen LogP contribution in [0.15, 0.2) is 48.5 Å². The molecule has 2 amide bonds. The monoisotopic (exact) mass is 396 g/mol. The number of hydrogen-bond donors (Lipinski definition) is 2. The van der Waals surface area contributed by atoms with E-state index >= 15 is 0 Å². The minimum absolute atomic E-state index is 0.138. The van der Waals surface area contributed by atoms with Crippen molar-refractivity contribution in [1.82, 2.24) is 5.32 Å². The fourth-order valence-electron chi connectivity index (χ4n) is 2.74. The normalized spacial score (nSPS) is 11.0. The Morgan fingerprint density at radius 2 is 1.41 bits per heavy atom. The molecule has 2 aromatic carbocycles. The summed E-state index contributed by atoms with van der Waals surface area (Å²) < 4.78 is 5.71. The van der Waals surface area contributed by atoms with Crippen LogP contribution >= 0.6 is 0 Å². The Balaban J connectivity index is 1.87. The zero-order valence-electron chi connectivity index (χ0n) is 17.9. The molecule has 0 saturated carbocycles. The topological polar surface area (TPSA) is 67.4 Å². The third-order valence-electron chi connectivity index (χ3n) is 4.28. The molecule has 0 saturated heterocycles. The molecule has 0 aliphatic rings. The van der Waals surface area contributed by atoms with Crippen molar-refractivity contribution in [3.63, 3.8) is 0 Å². The zero-order chi connectivity index (χ0) is 21.3. The van der Waals surface area contributed by atoms with Gasteiger partial charge in [-0.15, -0.1) is 0 Å². The van der Waals surface area contributed by atoms with E-state index in [2.05, 4.69) is 17.6 Å². The number of carbonyl (C=O) groups excluding carboxylic acids is 2. The number of amides is 2. The van der Waals surface area contributed by atoms with E-state index in [-0.39, 0.29) is 17.4 Å². The van der Waals surface area contributed by atoms with Crippen LogP contribution in [0.3, 0.4) is 0 Å². The lowest BCUT2D eigenvalue weighted by Crippen LogP contribution is -2.40. The molecule has 29 heavy (non-hydrogen) atoms. The van der Waals surface area contributed by atoms with Crippen molar-refractivity contribution in [1.29, 1.82) is 0 Å². The lowest BCUT2D eigenvalue weighted by atomic mass is 10.1. The van der Waals surface area contributed by atoms with Crippen LogP contribution < -0.4 is 15.4 Å². The largest absolute Gasteiger partial charge is 0.494 e. The van der Waals surface area contributed by atoms with Crippen molar-refractivity contribution in [3.8, 4) is 5.75 Å². The first-order chi connectivity index (χ1) is 13.8. The van der Waals surface area contributed by atoms with Gasteiger partial charge in [-0.1, -0.05) is 26.2 Å². The van der Waals surface area contributed by atoms with Crippen LogP contribution in [0.4, 0.5) is 5.69 Å². The molecule has 0 fully saturated rings. The predicted molar refractivity (Wildman–Crippen MR) is 118 cm³/mol. The van der Waals surface area contributed by atoms with Crippen molar-refractivity contribution >= 4 is 17.5 Å². The van der Waals surface area contributed by atoms with Crippen molar-refractivity contribution in [3.05, 3.63) is 59.7 Å². The molecular weight excluding hydrogens is 364 g/mol. The van der Waals surface area contributed by atoms with Gasteiger partial charge >= 0.3 is 0 Å². The zero-order valence-corrected chi connectivity index (χ0v) is 17.9. The SMILES string of the molecule is CCCCCCOc1ccc(C(=O)Nc2ccc(C(=O)NC(C)(C)C)cc2)cc1. The van der Waals surface area contributed by atoms with Gasteiger partial charge in [0.15, 0.2) is 0 Å². The van der Waals surface area contributed by atoms with E-state index in [1.165, 1.54) is 19.3 Å². The molecule has 0 unspecified atom stereocenters. The number of carbonyl (C=O) groups is 2. The molecule has 156 valence electrons. The highest BCUT2D eigenvalue weighted by Gasteiger charge is 2.15. The van der Waals surface area contributed by atoms with Gasteiger partial charge in [-0.3, -0.25) is 9.59 Å². The molecule has 0 heterocycles. The van der Waals surface area contributed by atoms with E-state index in [0.717, 1.165) is 12.2 Å². The molecule has 0 aliphatic heterocycles. The summed E-state index contributed by atoms with van der Waals surface area (Å²) in [4.78, 5) is 24.6. The summed E-state index contributed by atoms with van der Waals surface area (Å²) in [6.07, 6.45) is 4.65. The Morgan fingerprint density at radius 1 is 0.828 bits per heavy atom. The Bertz CT molecular complexity index is 790. The first-order valence-electron chi connectivity index (χ1n) is 10.3. The highest BCUT2D eigenvalue weighted by atomic mass is 16.5. The van der Waals surface area contributed by atoms with Crippen LogP contribution in [0.1, 0.15) is 74.1 Å². The average Bonchev–Trinajstić information content (AvgIpc) is 2.67. The van der Waals surface area contributed by atoms with E-state index in [9.17, 15) is 9.59 Å². The minimum atomic E-state index is -0.296. The van der Waals surface area contributed by atoms with Crippen LogP contribution in [0.2, 0.25) is 0 Å². The number of nitrogens with one attached hydrogen (secondary N) is 2. The molecule has 0 atom stereocenters. The summed E-state index contributed by atoms with van der Waals surface area (Å²) in [6, 6.07) is 14.0.